The third-order valence-corrected chi connectivity index (χ3v) is 4.38. The molecule has 2 rings (SSSR count). The number of rotatable bonds is 6. The number of benzene rings is 1. The Bertz CT molecular complexity index is 544. The molecule has 1 N–H and O–H groups in total. The molecule has 1 aromatic heterocycles. The molecule has 0 radical (unpaired) electrons. The number of nitrogens with one attached hydrogen (secondary N) is 1. The molecule has 0 fully saturated rings. The van der Waals surface area contributed by atoms with Gasteiger partial charge in [-0.2, -0.15) is 0 Å². The third-order valence-electron chi connectivity index (χ3n) is 3.34. The summed E-state index contributed by atoms with van der Waals surface area (Å²) in [5.74, 6) is 0.149. The summed E-state index contributed by atoms with van der Waals surface area (Å²) in [6.07, 6.45) is 0. The predicted octanol–water partition coefficient (Wildman–Crippen LogP) is 2.64. The van der Waals surface area contributed by atoms with Crippen molar-refractivity contribution >= 4 is 27.5 Å². The molecule has 1 unspecified atom stereocenters. The average molecular weight is 291 g/mol. The van der Waals surface area contributed by atoms with Gasteiger partial charge >= 0.3 is 0 Å². The van der Waals surface area contributed by atoms with E-state index in [1.807, 2.05) is 43.9 Å². The smallest absolute Gasteiger partial charge is 0.239 e. The van der Waals surface area contributed by atoms with Crippen LogP contribution in [0, 0.1) is 0 Å². The fourth-order valence-corrected chi connectivity index (χ4v) is 3.05. The second-order valence-electron chi connectivity index (χ2n) is 4.69. The van der Waals surface area contributed by atoms with E-state index in [9.17, 15) is 4.79 Å². The van der Waals surface area contributed by atoms with Crippen molar-refractivity contribution in [3.8, 4) is 0 Å². The number of likely N-dealkylation sites (N-methyl/N-ethyl adjacent to an activating group) is 1. The van der Waals surface area contributed by atoms with E-state index in [1.165, 1.54) is 4.70 Å². The van der Waals surface area contributed by atoms with Crippen LogP contribution in [0.2, 0.25) is 0 Å². The van der Waals surface area contributed by atoms with Crippen LogP contribution in [-0.2, 0) is 11.3 Å². The van der Waals surface area contributed by atoms with Gasteiger partial charge in [-0.05, 0) is 32.9 Å². The van der Waals surface area contributed by atoms with Gasteiger partial charge in [0.15, 0.2) is 0 Å². The summed E-state index contributed by atoms with van der Waals surface area (Å²) < 4.78 is 1.19. The Morgan fingerprint density at radius 2 is 2.05 bits per heavy atom. The second kappa shape index (κ2) is 6.81. The Labute approximate surface area is 123 Å². The van der Waals surface area contributed by atoms with Gasteiger partial charge in [-0.1, -0.05) is 12.1 Å². The normalized spacial score (nSPS) is 12.6. The van der Waals surface area contributed by atoms with Crippen molar-refractivity contribution in [3.05, 3.63) is 29.3 Å². The molecule has 5 heteroatoms. The van der Waals surface area contributed by atoms with Gasteiger partial charge in [-0.15, -0.1) is 11.3 Å². The molecule has 1 atom stereocenters. The fraction of sp³-hybridized carbons (Fsp3) is 0.467. The highest BCUT2D eigenvalue weighted by molar-refractivity contribution is 7.18. The van der Waals surface area contributed by atoms with Crippen molar-refractivity contribution in [3.63, 3.8) is 0 Å². The second-order valence-corrected chi connectivity index (χ2v) is 5.80. The maximum atomic E-state index is 12.1. The summed E-state index contributed by atoms with van der Waals surface area (Å²) in [5, 5.41) is 4.28. The number of amides is 1. The fourth-order valence-electron chi connectivity index (χ4n) is 2.13. The van der Waals surface area contributed by atoms with Gasteiger partial charge in [-0.3, -0.25) is 10.1 Å². The number of fused-ring (bicyclic) bond motifs is 1. The molecule has 0 saturated heterocycles. The lowest BCUT2D eigenvalue weighted by Gasteiger charge is -2.23. The molecule has 0 aliphatic heterocycles. The van der Waals surface area contributed by atoms with Gasteiger partial charge in [-0.25, -0.2) is 4.98 Å². The van der Waals surface area contributed by atoms with Crippen molar-refractivity contribution in [1.29, 1.82) is 0 Å². The maximum Gasteiger partial charge on any atom is 0.239 e. The highest BCUT2D eigenvalue weighted by Crippen LogP contribution is 2.21. The molecule has 1 heterocycles. The molecule has 2 aromatic rings. The zero-order valence-electron chi connectivity index (χ0n) is 12.2. The van der Waals surface area contributed by atoms with Crippen molar-refractivity contribution < 1.29 is 4.79 Å². The lowest BCUT2D eigenvalue weighted by molar-refractivity contribution is -0.132. The van der Waals surface area contributed by atoms with Crippen LogP contribution in [0.3, 0.4) is 0 Å². The first-order valence-corrected chi connectivity index (χ1v) is 7.84. The van der Waals surface area contributed by atoms with Crippen LogP contribution in [0.25, 0.3) is 10.2 Å². The quantitative estimate of drug-likeness (QED) is 0.890. The van der Waals surface area contributed by atoms with E-state index in [0.717, 1.165) is 23.6 Å². The highest BCUT2D eigenvalue weighted by atomic mass is 32.1. The SMILES string of the molecule is CCN(CC)C(=O)C(C)NCc1nc2ccccc2s1. The van der Waals surface area contributed by atoms with Gasteiger partial charge in [0.05, 0.1) is 16.3 Å². The van der Waals surface area contributed by atoms with Crippen molar-refractivity contribution in [2.75, 3.05) is 13.1 Å². The van der Waals surface area contributed by atoms with Crippen LogP contribution < -0.4 is 5.32 Å². The standard InChI is InChI=1S/C15H21N3OS/c1-4-18(5-2)15(19)11(3)16-10-14-17-12-8-6-7-9-13(12)20-14/h6-9,11,16H,4-5,10H2,1-3H3. The van der Waals surface area contributed by atoms with Crippen LogP contribution >= 0.6 is 11.3 Å². The first-order valence-electron chi connectivity index (χ1n) is 7.02. The number of carbonyl (C=O) groups is 1. The summed E-state index contributed by atoms with van der Waals surface area (Å²) in [6, 6.07) is 7.92. The van der Waals surface area contributed by atoms with E-state index in [1.54, 1.807) is 11.3 Å². The number of carbonyl (C=O) groups excluding carboxylic acids is 1. The number of hydrogen-bond donors (Lipinski definition) is 1. The number of aromatic nitrogens is 1. The van der Waals surface area contributed by atoms with Crippen LogP contribution in [0.1, 0.15) is 25.8 Å². The average Bonchev–Trinajstić information content (AvgIpc) is 2.88. The minimum absolute atomic E-state index is 0.149. The summed E-state index contributed by atoms with van der Waals surface area (Å²) in [6.45, 7) is 8.05. The summed E-state index contributed by atoms with van der Waals surface area (Å²) in [7, 11) is 0. The zero-order chi connectivity index (χ0) is 14.5. The molecule has 1 aromatic carbocycles. The van der Waals surface area contributed by atoms with E-state index in [-0.39, 0.29) is 11.9 Å². The van der Waals surface area contributed by atoms with E-state index in [2.05, 4.69) is 16.4 Å². The number of nitrogens with zero attached hydrogens (tertiary/aromatic N) is 2. The Morgan fingerprint density at radius 3 is 2.70 bits per heavy atom. The Kier molecular flexibility index (Phi) is 5.09. The van der Waals surface area contributed by atoms with Gasteiger partial charge in [0.2, 0.25) is 5.91 Å². The van der Waals surface area contributed by atoms with Crippen LogP contribution in [-0.4, -0.2) is 34.9 Å². The Balaban J connectivity index is 1.95. The molecule has 0 aliphatic carbocycles. The molecule has 0 saturated carbocycles. The van der Waals surface area contributed by atoms with Crippen LogP contribution in [0.15, 0.2) is 24.3 Å². The number of hydrogen-bond acceptors (Lipinski definition) is 4. The predicted molar refractivity (Wildman–Crippen MR) is 83.8 cm³/mol. The first kappa shape index (κ1) is 14.9. The highest BCUT2D eigenvalue weighted by Gasteiger charge is 2.17. The lowest BCUT2D eigenvalue weighted by Crippen LogP contribution is -2.44. The molecule has 0 spiro atoms. The van der Waals surface area contributed by atoms with E-state index in [0.29, 0.717) is 6.54 Å². The molecular weight excluding hydrogens is 270 g/mol. The summed E-state index contributed by atoms with van der Waals surface area (Å²) in [5.41, 5.74) is 1.03. The first-order chi connectivity index (χ1) is 9.65. The molecule has 4 nitrogen and oxygen atoms in total. The van der Waals surface area contributed by atoms with Gasteiger partial charge in [0.25, 0.3) is 0 Å². The minimum Gasteiger partial charge on any atom is -0.342 e. The maximum absolute atomic E-state index is 12.1. The molecule has 1 amide bonds. The Hall–Kier alpha value is -1.46. The van der Waals surface area contributed by atoms with Crippen LogP contribution in [0.4, 0.5) is 0 Å². The van der Waals surface area contributed by atoms with Crippen LogP contribution in [0.5, 0.6) is 0 Å². The summed E-state index contributed by atoms with van der Waals surface area (Å²) in [4.78, 5) is 18.5. The molecular formula is C15H21N3OS. The van der Waals surface area contributed by atoms with E-state index in [4.69, 9.17) is 0 Å². The van der Waals surface area contributed by atoms with Crippen molar-refractivity contribution in [1.82, 2.24) is 15.2 Å². The van der Waals surface area contributed by atoms with E-state index < -0.39 is 0 Å². The Morgan fingerprint density at radius 1 is 1.35 bits per heavy atom. The van der Waals surface area contributed by atoms with Gasteiger partial charge < -0.3 is 4.90 Å². The molecule has 108 valence electrons. The largest absolute Gasteiger partial charge is 0.342 e. The van der Waals surface area contributed by atoms with Crippen molar-refractivity contribution in [2.24, 2.45) is 0 Å². The zero-order valence-corrected chi connectivity index (χ0v) is 13.0. The van der Waals surface area contributed by atoms with Gasteiger partial charge in [0, 0.05) is 19.6 Å². The minimum atomic E-state index is -0.179. The number of para-hydroxylation sites is 1. The van der Waals surface area contributed by atoms with Crippen molar-refractivity contribution in [2.45, 2.75) is 33.4 Å². The molecule has 20 heavy (non-hydrogen) atoms. The summed E-state index contributed by atoms with van der Waals surface area (Å²) >= 11 is 1.67. The number of thiazole rings is 1. The molecule has 0 aliphatic rings. The van der Waals surface area contributed by atoms with Gasteiger partial charge in [0.1, 0.15) is 5.01 Å². The third kappa shape index (κ3) is 3.35. The topological polar surface area (TPSA) is 45.2 Å². The monoisotopic (exact) mass is 291 g/mol. The lowest BCUT2D eigenvalue weighted by atomic mass is 10.3. The van der Waals surface area contributed by atoms with E-state index >= 15 is 0 Å². The molecule has 0 bridgehead atoms.